The van der Waals surface area contributed by atoms with E-state index in [-0.39, 0.29) is 9.75 Å². The van der Waals surface area contributed by atoms with E-state index in [4.69, 9.17) is 11.0 Å². The Morgan fingerprint density at radius 1 is 1.47 bits per heavy atom. The Kier molecular flexibility index (Phi) is 3.56. The van der Waals surface area contributed by atoms with Crippen LogP contribution in [0.1, 0.15) is 21.0 Å². The van der Waals surface area contributed by atoms with Crippen LogP contribution in [0.25, 0.3) is 0 Å². The summed E-state index contributed by atoms with van der Waals surface area (Å²) in [6, 6.07) is 2.30. The van der Waals surface area contributed by atoms with Gasteiger partial charge in [-0.3, -0.25) is 25.5 Å². The molecule has 9 heteroatoms. The Balaban J connectivity index is 2.79. The number of rotatable bonds is 3. The first-order chi connectivity index (χ1) is 6.79. The van der Waals surface area contributed by atoms with Gasteiger partial charge in [0.1, 0.15) is 0 Å². The third-order valence-electron chi connectivity index (χ3n) is 1.34. The number of alkyl halides is 2. The molecule has 0 bridgehead atoms. The zero-order valence-corrected chi connectivity index (χ0v) is 9.03. The maximum atomic E-state index is 12.2. The molecule has 1 amide bonds. The third kappa shape index (κ3) is 3.67. The van der Waals surface area contributed by atoms with Gasteiger partial charge in [-0.05, 0) is 12.1 Å². The van der Waals surface area contributed by atoms with Crippen LogP contribution in [0.5, 0.6) is 0 Å². The Labute approximate surface area is 88.0 Å². The van der Waals surface area contributed by atoms with Crippen molar-refractivity contribution in [2.75, 3.05) is 0 Å². The highest BCUT2D eigenvalue weighted by Crippen LogP contribution is 2.28. The molecule has 5 N–H and O–H groups in total. The van der Waals surface area contributed by atoms with Crippen molar-refractivity contribution < 1.29 is 18.1 Å². The number of thiophene rings is 1. The van der Waals surface area contributed by atoms with Crippen molar-refractivity contribution in [3.8, 4) is 0 Å². The standard InChI is InChI=1S/C6H8F2N3O2PS/c7-5(8)3-1-2-4(15-3)6(12)11-14(9,10)13/h1-2,5H,(H5,9,10,11,12,13). The molecule has 1 heterocycles. The van der Waals surface area contributed by atoms with Crippen LogP contribution in [0.2, 0.25) is 0 Å². The monoisotopic (exact) mass is 255 g/mol. The molecule has 0 saturated carbocycles. The summed E-state index contributed by atoms with van der Waals surface area (Å²) < 4.78 is 35.1. The van der Waals surface area contributed by atoms with Gasteiger partial charge in [0.25, 0.3) is 12.3 Å². The highest BCUT2D eigenvalue weighted by molar-refractivity contribution is 7.57. The van der Waals surface area contributed by atoms with Gasteiger partial charge in [-0.2, -0.15) is 0 Å². The molecule has 84 valence electrons. The van der Waals surface area contributed by atoms with Crippen LogP contribution in [0.3, 0.4) is 0 Å². The van der Waals surface area contributed by atoms with E-state index in [2.05, 4.69) is 0 Å². The molecule has 5 nitrogen and oxygen atoms in total. The van der Waals surface area contributed by atoms with Crippen molar-refractivity contribution in [2.24, 2.45) is 11.0 Å². The average molecular weight is 255 g/mol. The van der Waals surface area contributed by atoms with Crippen molar-refractivity contribution in [1.82, 2.24) is 5.09 Å². The van der Waals surface area contributed by atoms with Gasteiger partial charge in [-0.15, -0.1) is 11.3 Å². The van der Waals surface area contributed by atoms with Crippen molar-refractivity contribution >= 4 is 24.8 Å². The molecular weight excluding hydrogens is 247 g/mol. The summed E-state index contributed by atoms with van der Waals surface area (Å²) >= 11 is 0.596. The average Bonchev–Trinajstić information content (AvgIpc) is 2.47. The summed E-state index contributed by atoms with van der Waals surface area (Å²) in [6.45, 7) is 0. The van der Waals surface area contributed by atoms with E-state index in [0.717, 1.165) is 6.07 Å². The summed E-state index contributed by atoms with van der Waals surface area (Å²) in [7, 11) is -3.68. The lowest BCUT2D eigenvalue weighted by molar-refractivity contribution is 0.0984. The zero-order chi connectivity index (χ0) is 11.6. The lowest BCUT2D eigenvalue weighted by atomic mass is 10.4. The van der Waals surface area contributed by atoms with Gasteiger partial charge in [0.05, 0.1) is 9.75 Å². The van der Waals surface area contributed by atoms with Gasteiger partial charge < -0.3 is 0 Å². The fourth-order valence-corrected chi connectivity index (χ4v) is 2.08. The summed E-state index contributed by atoms with van der Waals surface area (Å²) in [5.41, 5.74) is 9.80. The lowest BCUT2D eigenvalue weighted by Gasteiger charge is -2.06. The highest BCUT2D eigenvalue weighted by Gasteiger charge is 2.18. The number of nitrogens with one attached hydrogen (secondary N) is 1. The van der Waals surface area contributed by atoms with E-state index in [1.165, 1.54) is 6.07 Å². The highest BCUT2D eigenvalue weighted by atomic mass is 32.1. The van der Waals surface area contributed by atoms with Gasteiger partial charge in [0.2, 0.25) is 0 Å². The Hall–Kier alpha value is -0.820. The molecule has 0 atom stereocenters. The van der Waals surface area contributed by atoms with Crippen molar-refractivity contribution in [2.45, 2.75) is 6.43 Å². The quantitative estimate of drug-likeness (QED) is 0.712. The molecule has 0 radical (unpaired) electrons. The molecule has 0 unspecified atom stereocenters. The predicted molar refractivity (Wildman–Crippen MR) is 52.7 cm³/mol. The van der Waals surface area contributed by atoms with Gasteiger partial charge in [-0.25, -0.2) is 8.78 Å². The maximum Gasteiger partial charge on any atom is 0.300 e. The minimum atomic E-state index is -3.68. The summed E-state index contributed by atoms with van der Waals surface area (Å²) in [5, 5.41) is 1.83. The first-order valence-corrected chi connectivity index (χ1v) is 6.33. The number of carbonyl (C=O) groups is 1. The van der Waals surface area contributed by atoms with Crippen LogP contribution in [-0.4, -0.2) is 5.91 Å². The number of halogens is 2. The van der Waals surface area contributed by atoms with E-state index < -0.39 is 19.9 Å². The molecule has 0 fully saturated rings. The van der Waals surface area contributed by atoms with Gasteiger partial charge in [-0.1, -0.05) is 0 Å². The topological polar surface area (TPSA) is 98.2 Å². The lowest BCUT2D eigenvalue weighted by Crippen LogP contribution is -2.27. The van der Waals surface area contributed by atoms with Crippen LogP contribution < -0.4 is 16.1 Å². The number of amides is 1. The molecule has 0 aliphatic rings. The Bertz CT molecular complexity index is 416. The molecule has 1 rings (SSSR count). The number of nitrogens with two attached hydrogens (primary N) is 2. The van der Waals surface area contributed by atoms with Crippen LogP contribution in [0.4, 0.5) is 8.78 Å². The second kappa shape index (κ2) is 4.36. The largest absolute Gasteiger partial charge is 0.300 e. The maximum absolute atomic E-state index is 12.2. The molecule has 0 spiro atoms. The molecule has 0 aromatic carbocycles. The predicted octanol–water partition coefficient (Wildman–Crippen LogP) is 1.44. The number of hydrogen-bond donors (Lipinski definition) is 3. The molecule has 1 aromatic rings. The molecule has 0 saturated heterocycles. The van der Waals surface area contributed by atoms with Crippen molar-refractivity contribution in [3.05, 3.63) is 21.9 Å². The normalized spacial score (nSPS) is 11.8. The fourth-order valence-electron chi connectivity index (χ4n) is 0.806. The molecule has 1 aromatic heterocycles. The second-order valence-corrected chi connectivity index (χ2v) is 5.41. The van der Waals surface area contributed by atoms with Crippen LogP contribution in [0, 0.1) is 0 Å². The van der Waals surface area contributed by atoms with Crippen LogP contribution >= 0.6 is 18.9 Å². The molecule has 0 aliphatic carbocycles. The van der Waals surface area contributed by atoms with E-state index in [9.17, 15) is 18.1 Å². The first kappa shape index (κ1) is 12.3. The first-order valence-electron chi connectivity index (χ1n) is 3.67. The minimum Gasteiger partial charge on any atom is -0.279 e. The summed E-state index contributed by atoms with van der Waals surface area (Å²) in [6.07, 6.45) is -2.64. The Morgan fingerprint density at radius 3 is 2.47 bits per heavy atom. The van der Waals surface area contributed by atoms with E-state index in [1.54, 1.807) is 0 Å². The molecule has 15 heavy (non-hydrogen) atoms. The van der Waals surface area contributed by atoms with Gasteiger partial charge in [0.15, 0.2) is 0 Å². The van der Waals surface area contributed by atoms with E-state index in [0.29, 0.717) is 11.3 Å². The van der Waals surface area contributed by atoms with Crippen molar-refractivity contribution in [3.63, 3.8) is 0 Å². The van der Waals surface area contributed by atoms with Gasteiger partial charge in [0, 0.05) is 0 Å². The fraction of sp³-hybridized carbons (Fsp3) is 0.167. The van der Waals surface area contributed by atoms with Gasteiger partial charge >= 0.3 is 7.59 Å². The van der Waals surface area contributed by atoms with E-state index in [1.807, 2.05) is 5.09 Å². The SMILES string of the molecule is NP(N)(=O)NC(=O)c1ccc(C(F)F)s1. The molecule has 0 aliphatic heterocycles. The second-order valence-electron chi connectivity index (χ2n) is 2.65. The van der Waals surface area contributed by atoms with Crippen LogP contribution in [0.15, 0.2) is 12.1 Å². The summed E-state index contributed by atoms with van der Waals surface area (Å²) in [5.74, 6) is -0.819. The summed E-state index contributed by atoms with van der Waals surface area (Å²) in [4.78, 5) is 11.0. The number of carbonyl (C=O) groups excluding carboxylic acids is 1. The third-order valence-corrected chi connectivity index (χ3v) is 2.99. The zero-order valence-electron chi connectivity index (χ0n) is 7.31. The Morgan fingerprint density at radius 2 is 2.07 bits per heavy atom. The smallest absolute Gasteiger partial charge is 0.279 e. The van der Waals surface area contributed by atoms with Crippen LogP contribution in [-0.2, 0) is 4.57 Å². The van der Waals surface area contributed by atoms with Crippen molar-refractivity contribution in [1.29, 1.82) is 0 Å². The minimum absolute atomic E-state index is 0.0126. The number of hydrogen-bond acceptors (Lipinski definition) is 3. The van der Waals surface area contributed by atoms with E-state index >= 15 is 0 Å². The molecular formula is C6H8F2N3O2PS.